The molecule has 3 N–H and O–H groups in total. The Morgan fingerprint density at radius 2 is 0.905 bits per heavy atom. The predicted octanol–water partition coefficient (Wildman–Crippen LogP) is 3.80. The van der Waals surface area contributed by atoms with E-state index in [2.05, 4.69) is 15.0 Å². The van der Waals surface area contributed by atoms with Crippen molar-refractivity contribution >= 4 is 16.7 Å². The molecule has 0 atom stereocenters. The molecule has 0 spiro atoms. The zero-order valence-corrected chi connectivity index (χ0v) is 12.5. The molecule has 0 unspecified atom stereocenters. The van der Waals surface area contributed by atoms with Crippen molar-refractivity contribution in [1.82, 2.24) is 15.0 Å². The van der Waals surface area contributed by atoms with Gasteiger partial charge in [0.05, 0.1) is 18.8 Å². The van der Waals surface area contributed by atoms with Crippen LogP contribution in [0.15, 0.2) is 18.8 Å². The zero-order valence-electron chi connectivity index (χ0n) is 12.5. The highest BCUT2D eigenvalue weighted by Gasteiger charge is 2.14. The standard InChI is InChI=1S/C15H21N3O3/c1-4-10(7-19)13-16-14(11(5-2)8-20)18-15(17-13)12(6-3)9-21/h7-9,19-21H,4-6H2,1-3H3/b10-7-,11-8+,12-9+. The Bertz CT molecular complexity index is 484. The summed E-state index contributed by atoms with van der Waals surface area (Å²) in [4.78, 5) is 12.8. The summed E-state index contributed by atoms with van der Waals surface area (Å²) in [6, 6.07) is 0. The minimum Gasteiger partial charge on any atom is -0.515 e. The molecule has 0 saturated heterocycles. The van der Waals surface area contributed by atoms with E-state index in [4.69, 9.17) is 0 Å². The molecule has 0 aliphatic heterocycles. The summed E-state index contributed by atoms with van der Waals surface area (Å²) in [5.74, 6) is 1.00. The van der Waals surface area contributed by atoms with E-state index in [9.17, 15) is 15.3 Å². The van der Waals surface area contributed by atoms with Gasteiger partial charge in [0.25, 0.3) is 0 Å². The number of allylic oxidation sites excluding steroid dienone is 3. The van der Waals surface area contributed by atoms with E-state index in [1.54, 1.807) is 0 Å². The summed E-state index contributed by atoms with van der Waals surface area (Å²) in [6.07, 6.45) is 4.54. The van der Waals surface area contributed by atoms with Gasteiger partial charge in [-0.15, -0.1) is 0 Å². The Labute approximate surface area is 124 Å². The van der Waals surface area contributed by atoms with Gasteiger partial charge in [-0.3, -0.25) is 0 Å². The van der Waals surface area contributed by atoms with Crippen molar-refractivity contribution in [2.24, 2.45) is 0 Å². The van der Waals surface area contributed by atoms with Crippen molar-refractivity contribution < 1.29 is 15.3 Å². The van der Waals surface area contributed by atoms with Gasteiger partial charge < -0.3 is 15.3 Å². The predicted molar refractivity (Wildman–Crippen MR) is 82.5 cm³/mol. The Balaban J connectivity index is 3.53. The fourth-order valence-electron chi connectivity index (χ4n) is 1.73. The number of aliphatic hydroxyl groups is 3. The van der Waals surface area contributed by atoms with E-state index < -0.39 is 0 Å². The molecule has 6 heteroatoms. The fraction of sp³-hybridized carbons (Fsp3) is 0.400. The van der Waals surface area contributed by atoms with Gasteiger partial charge in [-0.05, 0) is 19.3 Å². The van der Waals surface area contributed by atoms with Crippen LogP contribution in [0.2, 0.25) is 0 Å². The molecule has 0 bridgehead atoms. The van der Waals surface area contributed by atoms with E-state index in [-0.39, 0.29) is 0 Å². The third kappa shape index (κ3) is 3.81. The monoisotopic (exact) mass is 291 g/mol. The first kappa shape index (κ1) is 16.7. The largest absolute Gasteiger partial charge is 0.515 e. The second-order valence-electron chi connectivity index (χ2n) is 4.33. The lowest BCUT2D eigenvalue weighted by Gasteiger charge is -2.10. The summed E-state index contributed by atoms with van der Waals surface area (Å²) in [5, 5.41) is 27.8. The van der Waals surface area contributed by atoms with Crippen LogP contribution >= 0.6 is 0 Å². The molecule has 1 aromatic rings. The number of nitrogens with zero attached hydrogens (tertiary/aromatic N) is 3. The summed E-state index contributed by atoms with van der Waals surface area (Å²) in [7, 11) is 0. The highest BCUT2D eigenvalue weighted by molar-refractivity contribution is 5.66. The van der Waals surface area contributed by atoms with Crippen LogP contribution in [0.4, 0.5) is 0 Å². The summed E-state index contributed by atoms with van der Waals surface area (Å²) in [6.45, 7) is 5.61. The van der Waals surface area contributed by atoms with Crippen LogP contribution in [0, 0.1) is 0 Å². The van der Waals surface area contributed by atoms with E-state index in [1.807, 2.05) is 20.8 Å². The maximum Gasteiger partial charge on any atom is 0.163 e. The van der Waals surface area contributed by atoms with Crippen LogP contribution in [0.1, 0.15) is 57.5 Å². The second-order valence-corrected chi connectivity index (χ2v) is 4.33. The first-order valence-corrected chi connectivity index (χ1v) is 6.91. The Kier molecular flexibility index (Phi) is 6.39. The van der Waals surface area contributed by atoms with Crippen LogP contribution in [-0.2, 0) is 0 Å². The number of hydrogen-bond acceptors (Lipinski definition) is 6. The van der Waals surface area contributed by atoms with Gasteiger partial charge >= 0.3 is 0 Å². The van der Waals surface area contributed by atoms with Crippen LogP contribution in [0.3, 0.4) is 0 Å². The summed E-state index contributed by atoms with van der Waals surface area (Å²) in [5.41, 5.74) is 1.67. The number of hydrogen-bond donors (Lipinski definition) is 3. The average Bonchev–Trinajstić information content (AvgIpc) is 2.51. The zero-order chi connectivity index (χ0) is 15.8. The molecule has 1 rings (SSSR count). The number of aromatic nitrogens is 3. The SMILES string of the molecule is CC/C(=C/O)c1nc(/C(=C/O)CC)nc(/C(=C/O)CC)n1. The lowest BCUT2D eigenvalue weighted by molar-refractivity contribution is 0.473. The van der Waals surface area contributed by atoms with E-state index in [0.717, 1.165) is 18.8 Å². The van der Waals surface area contributed by atoms with Gasteiger partial charge in [0.15, 0.2) is 17.5 Å². The average molecular weight is 291 g/mol. The molecule has 6 nitrogen and oxygen atoms in total. The van der Waals surface area contributed by atoms with Crippen molar-refractivity contribution in [1.29, 1.82) is 0 Å². The van der Waals surface area contributed by atoms with Crippen molar-refractivity contribution in [3.63, 3.8) is 0 Å². The lowest BCUT2D eigenvalue weighted by Crippen LogP contribution is -2.07. The van der Waals surface area contributed by atoms with Gasteiger partial charge in [0, 0.05) is 16.7 Å². The molecule has 1 aromatic heterocycles. The maximum atomic E-state index is 9.28. The van der Waals surface area contributed by atoms with Gasteiger partial charge in [0.1, 0.15) is 0 Å². The Morgan fingerprint density at radius 3 is 1.05 bits per heavy atom. The van der Waals surface area contributed by atoms with Crippen LogP contribution in [0.25, 0.3) is 16.7 Å². The molecule has 114 valence electrons. The number of aliphatic hydroxyl groups excluding tert-OH is 3. The minimum atomic E-state index is 0.334. The maximum absolute atomic E-state index is 9.28. The second kappa shape index (κ2) is 8.04. The first-order chi connectivity index (χ1) is 10.1. The van der Waals surface area contributed by atoms with Gasteiger partial charge in [-0.25, -0.2) is 15.0 Å². The molecule has 0 radical (unpaired) electrons. The molecule has 0 fully saturated rings. The van der Waals surface area contributed by atoms with E-state index in [0.29, 0.717) is 53.5 Å². The van der Waals surface area contributed by atoms with Crippen molar-refractivity contribution in [3.8, 4) is 0 Å². The third-order valence-electron chi connectivity index (χ3n) is 3.11. The van der Waals surface area contributed by atoms with Crippen LogP contribution in [-0.4, -0.2) is 30.3 Å². The molecule has 1 heterocycles. The van der Waals surface area contributed by atoms with Crippen molar-refractivity contribution in [3.05, 3.63) is 36.3 Å². The normalized spacial score (nSPS) is 13.6. The smallest absolute Gasteiger partial charge is 0.163 e. The van der Waals surface area contributed by atoms with E-state index in [1.165, 1.54) is 0 Å². The van der Waals surface area contributed by atoms with Crippen molar-refractivity contribution in [2.75, 3.05) is 0 Å². The van der Waals surface area contributed by atoms with Gasteiger partial charge in [-0.1, -0.05) is 20.8 Å². The third-order valence-corrected chi connectivity index (χ3v) is 3.11. The minimum absolute atomic E-state index is 0.334. The first-order valence-electron chi connectivity index (χ1n) is 6.91. The molecule has 21 heavy (non-hydrogen) atoms. The Morgan fingerprint density at radius 1 is 0.667 bits per heavy atom. The molecular formula is C15H21N3O3. The number of rotatable bonds is 6. The topological polar surface area (TPSA) is 99.4 Å². The molecule has 0 aromatic carbocycles. The molecular weight excluding hydrogens is 270 g/mol. The summed E-state index contributed by atoms with van der Waals surface area (Å²) < 4.78 is 0. The quantitative estimate of drug-likeness (QED) is 0.689. The van der Waals surface area contributed by atoms with E-state index >= 15 is 0 Å². The molecule has 0 saturated carbocycles. The molecule has 0 amide bonds. The summed E-state index contributed by atoms with van der Waals surface area (Å²) >= 11 is 0. The Hall–Kier alpha value is -2.37. The molecule has 0 aliphatic rings. The molecule has 0 aliphatic carbocycles. The highest BCUT2D eigenvalue weighted by atomic mass is 16.2. The highest BCUT2D eigenvalue weighted by Crippen LogP contribution is 2.21. The lowest BCUT2D eigenvalue weighted by atomic mass is 10.1. The fourth-order valence-corrected chi connectivity index (χ4v) is 1.73. The van der Waals surface area contributed by atoms with Crippen molar-refractivity contribution in [2.45, 2.75) is 40.0 Å². The van der Waals surface area contributed by atoms with Crippen LogP contribution < -0.4 is 0 Å². The van der Waals surface area contributed by atoms with Crippen LogP contribution in [0.5, 0.6) is 0 Å². The van der Waals surface area contributed by atoms with Gasteiger partial charge in [-0.2, -0.15) is 0 Å². The van der Waals surface area contributed by atoms with Gasteiger partial charge in [0.2, 0.25) is 0 Å².